The smallest absolute Gasteiger partial charge is 0.264 e. The number of benzene rings is 2. The molecule has 5 nitrogen and oxygen atoms in total. The molecule has 2 aromatic carbocycles. The van der Waals surface area contributed by atoms with Crippen molar-refractivity contribution in [3.8, 4) is 11.1 Å². The molecule has 0 aliphatic rings. The van der Waals surface area contributed by atoms with Crippen LogP contribution in [0.4, 0.5) is 11.4 Å². The molecular formula is C20H28N2O3S. The number of hydrogen-bond acceptors (Lipinski definition) is 4. The summed E-state index contributed by atoms with van der Waals surface area (Å²) < 4.78 is 30.2. The lowest BCUT2D eigenvalue weighted by molar-refractivity contribution is 0.480. The van der Waals surface area contributed by atoms with Crippen LogP contribution in [-0.4, -0.2) is 25.3 Å². The summed E-state index contributed by atoms with van der Waals surface area (Å²) in [5, 5.41) is 3.38. The predicted octanol–water partition coefficient (Wildman–Crippen LogP) is 4.25. The third kappa shape index (κ3) is 5.22. The van der Waals surface area contributed by atoms with Crippen LogP contribution in [0.5, 0.6) is 0 Å². The minimum absolute atomic E-state index is 0.193. The molecule has 0 radical (unpaired) electrons. The van der Waals surface area contributed by atoms with Crippen molar-refractivity contribution < 1.29 is 13.0 Å². The Morgan fingerprint density at radius 3 is 1.81 bits per heavy atom. The highest BCUT2D eigenvalue weighted by Crippen LogP contribution is 2.31. The van der Waals surface area contributed by atoms with E-state index in [-0.39, 0.29) is 5.75 Å². The molecule has 4 N–H and O–H groups in total. The average molecular weight is 377 g/mol. The molecule has 142 valence electrons. The maximum absolute atomic E-state index is 10.7. The standard InChI is InChI=1S/C20H28N2O3S/c1-13-9-17(10-14(2)19(13)21)18-11-15(3)20(16(4)12-18)22-7-5-6-8-26(23,24)25/h9-12,22H,5-8,21H2,1-4H3,(H,23,24,25). The van der Waals surface area contributed by atoms with Crippen LogP contribution in [0.25, 0.3) is 11.1 Å². The van der Waals surface area contributed by atoms with Crippen LogP contribution in [0.1, 0.15) is 35.1 Å². The third-order valence-corrected chi connectivity index (χ3v) is 5.40. The van der Waals surface area contributed by atoms with Gasteiger partial charge in [0.05, 0.1) is 5.75 Å². The fourth-order valence-corrected chi connectivity index (χ4v) is 3.74. The van der Waals surface area contributed by atoms with Crippen LogP contribution >= 0.6 is 0 Å². The molecule has 2 aromatic rings. The third-order valence-electron chi connectivity index (χ3n) is 4.59. The maximum Gasteiger partial charge on any atom is 0.264 e. The van der Waals surface area contributed by atoms with Gasteiger partial charge in [0.25, 0.3) is 10.1 Å². The van der Waals surface area contributed by atoms with E-state index in [0.29, 0.717) is 19.4 Å². The summed E-state index contributed by atoms with van der Waals surface area (Å²) in [6, 6.07) is 8.52. The Labute approximate surface area is 156 Å². The lowest BCUT2D eigenvalue weighted by atomic mass is 9.95. The summed E-state index contributed by atoms with van der Waals surface area (Å²) in [6.07, 6.45) is 1.11. The van der Waals surface area contributed by atoms with Gasteiger partial charge in [-0.25, -0.2) is 0 Å². The zero-order valence-corrected chi connectivity index (χ0v) is 16.7. The van der Waals surface area contributed by atoms with Gasteiger partial charge in [0.1, 0.15) is 0 Å². The van der Waals surface area contributed by atoms with Crippen LogP contribution in [0, 0.1) is 27.7 Å². The van der Waals surface area contributed by atoms with Gasteiger partial charge < -0.3 is 11.1 Å². The van der Waals surface area contributed by atoms with Crippen LogP contribution in [-0.2, 0) is 10.1 Å². The van der Waals surface area contributed by atoms with E-state index >= 15 is 0 Å². The molecule has 0 heterocycles. The summed E-state index contributed by atoms with van der Waals surface area (Å²) in [7, 11) is -3.87. The van der Waals surface area contributed by atoms with Gasteiger partial charge in [0.2, 0.25) is 0 Å². The summed E-state index contributed by atoms with van der Waals surface area (Å²) in [5.74, 6) is -0.193. The second-order valence-corrected chi connectivity index (χ2v) is 8.50. The Kier molecular flexibility index (Phi) is 6.31. The van der Waals surface area contributed by atoms with Crippen LogP contribution < -0.4 is 11.1 Å². The molecule has 0 spiro atoms. The van der Waals surface area contributed by atoms with Gasteiger partial charge in [-0.1, -0.05) is 0 Å². The predicted molar refractivity (Wildman–Crippen MR) is 109 cm³/mol. The molecule has 2 rings (SSSR count). The minimum Gasteiger partial charge on any atom is -0.398 e. The van der Waals surface area contributed by atoms with Gasteiger partial charge >= 0.3 is 0 Å². The van der Waals surface area contributed by atoms with Crippen molar-refractivity contribution in [2.75, 3.05) is 23.3 Å². The second-order valence-electron chi connectivity index (χ2n) is 6.93. The van der Waals surface area contributed by atoms with Gasteiger partial charge in [-0.15, -0.1) is 0 Å². The fraction of sp³-hybridized carbons (Fsp3) is 0.400. The molecule has 0 aliphatic carbocycles. The van der Waals surface area contributed by atoms with Crippen LogP contribution in [0.15, 0.2) is 24.3 Å². The summed E-state index contributed by atoms with van der Waals surface area (Å²) in [4.78, 5) is 0. The molecule has 6 heteroatoms. The number of hydrogen-bond donors (Lipinski definition) is 3. The molecule has 0 amide bonds. The first-order valence-electron chi connectivity index (χ1n) is 8.76. The van der Waals surface area contributed by atoms with E-state index < -0.39 is 10.1 Å². The second kappa shape index (κ2) is 8.10. The molecule has 0 unspecified atom stereocenters. The van der Waals surface area contributed by atoms with E-state index in [9.17, 15) is 8.42 Å². The fourth-order valence-electron chi connectivity index (χ4n) is 3.17. The molecular weight excluding hydrogens is 348 g/mol. The Hall–Kier alpha value is -2.05. The Balaban J connectivity index is 2.13. The minimum atomic E-state index is -3.87. The summed E-state index contributed by atoms with van der Waals surface area (Å²) >= 11 is 0. The topological polar surface area (TPSA) is 92.4 Å². The molecule has 0 aromatic heterocycles. The molecule has 0 bridgehead atoms. The number of nitrogen functional groups attached to an aromatic ring is 1. The molecule has 0 aliphatic heterocycles. The molecule has 0 fully saturated rings. The zero-order valence-electron chi connectivity index (χ0n) is 15.9. The normalized spacial score (nSPS) is 11.6. The molecule has 0 saturated heterocycles. The SMILES string of the molecule is Cc1cc(-c2cc(C)c(NCCCCS(=O)(=O)O)c(C)c2)cc(C)c1N. The number of aryl methyl sites for hydroxylation is 4. The molecule has 0 atom stereocenters. The van der Waals surface area contributed by atoms with Crippen molar-refractivity contribution in [2.24, 2.45) is 0 Å². The van der Waals surface area contributed by atoms with E-state index in [4.69, 9.17) is 10.3 Å². The van der Waals surface area contributed by atoms with E-state index in [1.807, 2.05) is 13.8 Å². The number of anilines is 2. The van der Waals surface area contributed by atoms with Gasteiger partial charge in [0.15, 0.2) is 0 Å². The number of rotatable bonds is 7. The number of unbranched alkanes of at least 4 members (excludes halogenated alkanes) is 1. The van der Waals surface area contributed by atoms with E-state index in [0.717, 1.165) is 44.8 Å². The van der Waals surface area contributed by atoms with Crippen molar-refractivity contribution >= 4 is 21.5 Å². The van der Waals surface area contributed by atoms with Crippen molar-refractivity contribution in [2.45, 2.75) is 40.5 Å². The number of nitrogens with one attached hydrogen (secondary N) is 1. The van der Waals surface area contributed by atoms with Crippen molar-refractivity contribution in [1.29, 1.82) is 0 Å². The highest BCUT2D eigenvalue weighted by atomic mass is 32.2. The van der Waals surface area contributed by atoms with Gasteiger partial charge in [-0.05, 0) is 98.2 Å². The summed E-state index contributed by atoms with van der Waals surface area (Å²) in [5.41, 5.74) is 14.7. The van der Waals surface area contributed by atoms with Crippen LogP contribution in [0.3, 0.4) is 0 Å². The van der Waals surface area contributed by atoms with E-state index in [1.165, 1.54) is 0 Å². The van der Waals surface area contributed by atoms with Crippen molar-refractivity contribution in [3.05, 3.63) is 46.5 Å². The van der Waals surface area contributed by atoms with E-state index in [1.54, 1.807) is 0 Å². The van der Waals surface area contributed by atoms with Gasteiger partial charge in [0, 0.05) is 17.9 Å². The highest BCUT2D eigenvalue weighted by Gasteiger charge is 2.09. The first kappa shape index (κ1) is 20.3. The lowest BCUT2D eigenvalue weighted by Gasteiger charge is -2.16. The van der Waals surface area contributed by atoms with Gasteiger partial charge in [-0.2, -0.15) is 8.42 Å². The maximum atomic E-state index is 10.7. The first-order valence-corrected chi connectivity index (χ1v) is 10.4. The average Bonchev–Trinajstić information content (AvgIpc) is 2.52. The molecule has 0 saturated carbocycles. The van der Waals surface area contributed by atoms with Crippen LogP contribution in [0.2, 0.25) is 0 Å². The quantitative estimate of drug-likeness (QED) is 0.382. The first-order chi connectivity index (χ1) is 12.1. The Morgan fingerprint density at radius 1 is 0.885 bits per heavy atom. The Bertz CT molecular complexity index is 859. The highest BCUT2D eigenvalue weighted by molar-refractivity contribution is 7.85. The van der Waals surface area contributed by atoms with Crippen molar-refractivity contribution in [3.63, 3.8) is 0 Å². The van der Waals surface area contributed by atoms with Gasteiger partial charge in [-0.3, -0.25) is 4.55 Å². The largest absolute Gasteiger partial charge is 0.398 e. The Morgan fingerprint density at radius 2 is 1.35 bits per heavy atom. The van der Waals surface area contributed by atoms with E-state index in [2.05, 4.69) is 43.4 Å². The summed E-state index contributed by atoms with van der Waals surface area (Å²) in [6.45, 7) is 8.83. The molecule has 26 heavy (non-hydrogen) atoms. The monoisotopic (exact) mass is 376 g/mol. The number of nitrogens with two attached hydrogens (primary N) is 1. The lowest BCUT2D eigenvalue weighted by Crippen LogP contribution is -2.09. The van der Waals surface area contributed by atoms with Crippen molar-refractivity contribution in [1.82, 2.24) is 0 Å². The zero-order chi connectivity index (χ0) is 19.5.